The predicted octanol–water partition coefficient (Wildman–Crippen LogP) is 15.0. The highest BCUT2D eigenvalue weighted by Gasteiger charge is 2.28. The van der Waals surface area contributed by atoms with Crippen molar-refractivity contribution in [3.63, 3.8) is 0 Å². The Morgan fingerprint density at radius 3 is 1.00 bits per heavy atom. The quantitative estimate of drug-likeness (QED) is 0.0301. The van der Waals surface area contributed by atoms with Crippen molar-refractivity contribution in [3.8, 4) is 0 Å². The van der Waals surface area contributed by atoms with Crippen molar-refractivity contribution in [2.75, 3.05) is 19.8 Å². The van der Waals surface area contributed by atoms with Crippen LogP contribution in [0.2, 0.25) is 0 Å². The Kier molecular flexibility index (Phi) is 45.9. The van der Waals surface area contributed by atoms with Crippen LogP contribution in [0, 0.1) is 0 Å². The molecule has 0 saturated heterocycles. The molecule has 0 aliphatic rings. The summed E-state index contributed by atoms with van der Waals surface area (Å²) in [6, 6.07) is -1.52. The van der Waals surface area contributed by atoms with Gasteiger partial charge in [-0.1, -0.05) is 251 Å². The molecule has 0 heterocycles. The lowest BCUT2D eigenvalue weighted by Crippen LogP contribution is -2.34. The number of phosphoric ester groups is 1. The maximum Gasteiger partial charge on any atom is 0.472 e. The smallest absolute Gasteiger partial charge is 0.472 e. The largest absolute Gasteiger partial charge is 0.480 e. The number of carboxylic acids is 1. The normalized spacial score (nSPS) is 13.5. The molecule has 0 radical (unpaired) electrons. The van der Waals surface area contributed by atoms with E-state index in [4.69, 9.17) is 29.4 Å². The number of carboxylic acid groups (broad SMARTS) is 1. The molecule has 12 heteroatoms. The van der Waals surface area contributed by atoms with Gasteiger partial charge in [-0.25, -0.2) is 4.57 Å². The van der Waals surface area contributed by atoms with Crippen molar-refractivity contribution in [1.82, 2.24) is 0 Å². The predicted molar refractivity (Wildman–Crippen MR) is 259 cm³/mol. The second-order valence-electron chi connectivity index (χ2n) is 18.4. The van der Waals surface area contributed by atoms with Gasteiger partial charge in [0.1, 0.15) is 12.6 Å². The average molecular weight is 918 g/mol. The zero-order valence-electron chi connectivity index (χ0n) is 41.0. The first-order valence-electron chi connectivity index (χ1n) is 26.6. The Balaban J connectivity index is 4.17. The van der Waals surface area contributed by atoms with Gasteiger partial charge in [0.25, 0.3) is 0 Å². The van der Waals surface area contributed by atoms with E-state index >= 15 is 0 Å². The molecule has 0 aliphatic carbocycles. The van der Waals surface area contributed by atoms with Crippen molar-refractivity contribution in [2.45, 2.75) is 289 Å². The van der Waals surface area contributed by atoms with E-state index in [1.54, 1.807) is 0 Å². The van der Waals surface area contributed by atoms with Crippen LogP contribution in [-0.2, 0) is 37.5 Å². The van der Waals surface area contributed by atoms with Crippen molar-refractivity contribution < 1.29 is 47.5 Å². The van der Waals surface area contributed by atoms with Crippen LogP contribution in [0.4, 0.5) is 0 Å². The zero-order valence-corrected chi connectivity index (χ0v) is 41.8. The van der Waals surface area contributed by atoms with Gasteiger partial charge in [0, 0.05) is 12.8 Å². The van der Waals surface area contributed by atoms with Gasteiger partial charge in [0.2, 0.25) is 0 Å². The monoisotopic (exact) mass is 918 g/mol. The standard InChI is InChI=1S/C51H100NO10P/c1-3-5-7-9-11-13-15-17-19-21-23-25-26-28-30-32-34-36-38-40-42-49(53)59-44-47(45-60-63(57,58)61-46-48(52)51(55)56)62-50(54)43-41-39-37-35-33-31-29-27-24-22-20-18-16-14-12-10-8-6-4-2/h47-48H,3-46,52H2,1-2H3,(H,55,56)(H,57,58)/t47-,48+/m1/s1. The molecule has 0 rings (SSSR count). The van der Waals surface area contributed by atoms with Crippen LogP contribution >= 0.6 is 7.82 Å². The average Bonchev–Trinajstić information content (AvgIpc) is 3.26. The number of nitrogens with two attached hydrogens (primary N) is 1. The molecule has 0 aromatic rings. The van der Waals surface area contributed by atoms with E-state index in [1.807, 2.05) is 0 Å². The molecule has 0 aromatic heterocycles. The summed E-state index contributed by atoms with van der Waals surface area (Å²) in [5, 5.41) is 8.92. The lowest BCUT2D eigenvalue weighted by Gasteiger charge is -2.20. The second kappa shape index (κ2) is 47.0. The SMILES string of the molecule is CCCCCCCCCCCCCCCCCCCCCCC(=O)OC[C@H](COP(=O)(O)OC[C@H](N)C(=O)O)OC(=O)CCCCCCCCCCCCCCCCCCCCC. The Morgan fingerprint density at radius 2 is 0.698 bits per heavy atom. The van der Waals surface area contributed by atoms with Crippen LogP contribution in [0.25, 0.3) is 0 Å². The van der Waals surface area contributed by atoms with Gasteiger partial charge in [0.05, 0.1) is 13.2 Å². The van der Waals surface area contributed by atoms with Crippen LogP contribution in [0.3, 0.4) is 0 Å². The maximum absolute atomic E-state index is 12.7. The number of rotatable bonds is 51. The molecule has 0 amide bonds. The van der Waals surface area contributed by atoms with E-state index in [1.165, 1.54) is 199 Å². The van der Waals surface area contributed by atoms with E-state index < -0.39 is 51.1 Å². The molecule has 374 valence electrons. The van der Waals surface area contributed by atoms with Crippen LogP contribution in [0.5, 0.6) is 0 Å². The number of phosphoric acid groups is 1. The summed E-state index contributed by atoms with van der Waals surface area (Å²) < 4.78 is 32.9. The van der Waals surface area contributed by atoms with Gasteiger partial charge in [-0.2, -0.15) is 0 Å². The fourth-order valence-electron chi connectivity index (χ4n) is 7.95. The molecule has 4 N–H and O–H groups in total. The van der Waals surface area contributed by atoms with E-state index in [0.717, 1.165) is 38.5 Å². The molecule has 0 fully saturated rings. The fraction of sp³-hybridized carbons (Fsp3) is 0.941. The lowest BCUT2D eigenvalue weighted by atomic mass is 10.0. The Labute approximate surface area is 386 Å². The molecular weight excluding hydrogens is 818 g/mol. The minimum atomic E-state index is -4.71. The minimum absolute atomic E-state index is 0.170. The molecule has 63 heavy (non-hydrogen) atoms. The third kappa shape index (κ3) is 46.8. The van der Waals surface area contributed by atoms with E-state index in [0.29, 0.717) is 12.8 Å². The molecule has 0 saturated carbocycles. The maximum atomic E-state index is 12.7. The number of hydrogen-bond donors (Lipinski definition) is 3. The third-order valence-electron chi connectivity index (χ3n) is 12.1. The highest BCUT2D eigenvalue weighted by Crippen LogP contribution is 2.43. The highest BCUT2D eigenvalue weighted by atomic mass is 31.2. The number of carbonyl (C=O) groups excluding carboxylic acids is 2. The molecule has 0 bridgehead atoms. The van der Waals surface area contributed by atoms with Crippen molar-refractivity contribution in [1.29, 1.82) is 0 Å². The van der Waals surface area contributed by atoms with Crippen LogP contribution < -0.4 is 5.73 Å². The highest BCUT2D eigenvalue weighted by molar-refractivity contribution is 7.47. The van der Waals surface area contributed by atoms with Gasteiger partial charge < -0.3 is 25.2 Å². The number of ether oxygens (including phenoxy) is 2. The number of esters is 2. The second-order valence-corrected chi connectivity index (χ2v) is 19.8. The van der Waals surface area contributed by atoms with Crippen molar-refractivity contribution in [3.05, 3.63) is 0 Å². The third-order valence-corrected chi connectivity index (χ3v) is 13.1. The first-order valence-corrected chi connectivity index (χ1v) is 28.1. The van der Waals surface area contributed by atoms with Crippen LogP contribution in [0.1, 0.15) is 277 Å². The Bertz CT molecular complexity index is 1080. The van der Waals surface area contributed by atoms with Gasteiger partial charge in [-0.15, -0.1) is 0 Å². The summed E-state index contributed by atoms with van der Waals surface area (Å²) in [5.74, 6) is -2.35. The number of aliphatic carboxylic acids is 1. The van der Waals surface area contributed by atoms with Gasteiger partial charge in [0.15, 0.2) is 6.10 Å². The van der Waals surface area contributed by atoms with E-state index in [9.17, 15) is 23.8 Å². The molecule has 1 unspecified atom stereocenters. The zero-order chi connectivity index (χ0) is 46.3. The topological polar surface area (TPSA) is 172 Å². The fourth-order valence-corrected chi connectivity index (χ4v) is 8.73. The number of unbranched alkanes of at least 4 members (excludes halogenated alkanes) is 37. The van der Waals surface area contributed by atoms with Crippen LogP contribution in [0.15, 0.2) is 0 Å². The molecule has 11 nitrogen and oxygen atoms in total. The van der Waals surface area contributed by atoms with Gasteiger partial charge in [-0.05, 0) is 12.8 Å². The molecular formula is C51H100NO10P. The summed E-state index contributed by atoms with van der Waals surface area (Å²) >= 11 is 0. The summed E-state index contributed by atoms with van der Waals surface area (Å²) in [6.45, 7) is 2.88. The Morgan fingerprint density at radius 1 is 0.429 bits per heavy atom. The van der Waals surface area contributed by atoms with Gasteiger partial charge in [-0.3, -0.25) is 23.4 Å². The summed E-state index contributed by atoms with van der Waals surface area (Å²) in [5.41, 5.74) is 5.36. The minimum Gasteiger partial charge on any atom is -0.480 e. The Hall–Kier alpha value is -1.52. The molecule has 0 aliphatic heterocycles. The first kappa shape index (κ1) is 61.5. The number of carbonyl (C=O) groups is 3. The first-order chi connectivity index (χ1) is 30.6. The molecule has 0 aromatic carbocycles. The summed E-state index contributed by atoms with van der Waals surface area (Å²) in [4.78, 5) is 46.2. The summed E-state index contributed by atoms with van der Waals surface area (Å²) in [7, 11) is -4.71. The van der Waals surface area contributed by atoms with Gasteiger partial charge >= 0.3 is 25.7 Å². The van der Waals surface area contributed by atoms with E-state index in [-0.39, 0.29) is 19.4 Å². The van der Waals surface area contributed by atoms with Crippen molar-refractivity contribution >= 4 is 25.7 Å². The van der Waals surface area contributed by atoms with Crippen molar-refractivity contribution in [2.24, 2.45) is 5.73 Å². The molecule has 3 atom stereocenters. The molecule has 0 spiro atoms. The lowest BCUT2D eigenvalue weighted by molar-refractivity contribution is -0.161. The number of hydrogen-bond acceptors (Lipinski definition) is 9. The van der Waals surface area contributed by atoms with E-state index in [2.05, 4.69) is 13.8 Å². The summed E-state index contributed by atoms with van der Waals surface area (Å²) in [6.07, 6.45) is 48.8. The van der Waals surface area contributed by atoms with Crippen LogP contribution in [-0.4, -0.2) is 59.9 Å².